The van der Waals surface area contributed by atoms with E-state index in [4.69, 9.17) is 49.0 Å². The number of carbonyl (C=O) groups excluding carboxylic acids is 1. The van der Waals surface area contributed by atoms with Gasteiger partial charge in [-0.2, -0.15) is 0 Å². The number of hydrogen-bond acceptors (Lipinski definition) is 4. The Morgan fingerprint density at radius 2 is 1.67 bits per heavy atom. The largest absolute Gasteiger partial charge is 0.495 e. The fraction of sp³-hybridized carbons (Fsp3) is 0.188. The van der Waals surface area contributed by atoms with Crippen molar-refractivity contribution in [1.29, 1.82) is 0 Å². The molecule has 24 heavy (non-hydrogen) atoms. The van der Waals surface area contributed by atoms with E-state index in [0.29, 0.717) is 38.0 Å². The Kier molecular flexibility index (Phi) is 6.43. The molecule has 0 aromatic heterocycles. The number of amides is 1. The van der Waals surface area contributed by atoms with Gasteiger partial charge in [0.25, 0.3) is 5.91 Å². The SMILES string of the molecule is COc1cc(NC(=O)COc2ccc(Cl)c(Cl)c2)c(OC)cc1Cl. The van der Waals surface area contributed by atoms with E-state index in [1.54, 1.807) is 24.3 Å². The molecule has 0 heterocycles. The van der Waals surface area contributed by atoms with Gasteiger partial charge in [0.1, 0.15) is 17.2 Å². The average molecular weight is 391 g/mol. The molecule has 0 bridgehead atoms. The van der Waals surface area contributed by atoms with Gasteiger partial charge < -0.3 is 19.5 Å². The molecule has 1 amide bonds. The van der Waals surface area contributed by atoms with Crippen molar-refractivity contribution in [2.75, 3.05) is 26.1 Å². The van der Waals surface area contributed by atoms with Crippen LogP contribution in [-0.4, -0.2) is 26.7 Å². The second kappa shape index (κ2) is 8.33. The van der Waals surface area contributed by atoms with Crippen molar-refractivity contribution in [3.8, 4) is 17.2 Å². The molecule has 0 atom stereocenters. The fourth-order valence-corrected chi connectivity index (χ4v) is 2.38. The van der Waals surface area contributed by atoms with Crippen LogP contribution in [0.25, 0.3) is 0 Å². The van der Waals surface area contributed by atoms with Gasteiger partial charge in [0.15, 0.2) is 6.61 Å². The molecule has 2 aromatic carbocycles. The summed E-state index contributed by atoms with van der Waals surface area (Å²) in [5, 5.41) is 3.80. The quantitative estimate of drug-likeness (QED) is 0.778. The highest BCUT2D eigenvalue weighted by Gasteiger charge is 2.13. The fourth-order valence-electron chi connectivity index (χ4n) is 1.86. The van der Waals surface area contributed by atoms with E-state index >= 15 is 0 Å². The number of benzene rings is 2. The van der Waals surface area contributed by atoms with Gasteiger partial charge in [-0.15, -0.1) is 0 Å². The van der Waals surface area contributed by atoms with E-state index in [1.807, 2.05) is 0 Å². The van der Waals surface area contributed by atoms with Crippen LogP contribution in [0, 0.1) is 0 Å². The standard InChI is InChI=1S/C16H14Cl3NO4/c1-22-14-7-13(15(23-2)6-12(14)19)20-16(21)8-24-9-3-4-10(17)11(18)5-9/h3-7H,8H2,1-2H3,(H,20,21). The lowest BCUT2D eigenvalue weighted by atomic mass is 10.2. The predicted octanol–water partition coefficient (Wildman–Crippen LogP) is 4.68. The molecule has 0 saturated heterocycles. The Labute approximate surface area is 154 Å². The average Bonchev–Trinajstić information content (AvgIpc) is 2.57. The molecule has 8 heteroatoms. The van der Waals surface area contributed by atoms with Crippen LogP contribution in [0.3, 0.4) is 0 Å². The van der Waals surface area contributed by atoms with Crippen molar-refractivity contribution in [3.05, 3.63) is 45.4 Å². The zero-order valence-corrected chi connectivity index (χ0v) is 15.1. The van der Waals surface area contributed by atoms with Crippen molar-refractivity contribution in [3.63, 3.8) is 0 Å². The molecular formula is C16H14Cl3NO4. The van der Waals surface area contributed by atoms with E-state index in [2.05, 4.69) is 5.32 Å². The first-order chi connectivity index (χ1) is 11.4. The number of halogens is 3. The molecule has 0 fully saturated rings. The minimum absolute atomic E-state index is 0.216. The Morgan fingerprint density at radius 1 is 0.958 bits per heavy atom. The van der Waals surface area contributed by atoms with Gasteiger partial charge in [-0.3, -0.25) is 4.79 Å². The van der Waals surface area contributed by atoms with Gasteiger partial charge >= 0.3 is 0 Å². The molecule has 0 aliphatic rings. The predicted molar refractivity (Wildman–Crippen MR) is 95.1 cm³/mol. The maximum Gasteiger partial charge on any atom is 0.262 e. The Morgan fingerprint density at radius 3 is 2.29 bits per heavy atom. The molecular weight excluding hydrogens is 377 g/mol. The zero-order valence-electron chi connectivity index (χ0n) is 12.9. The van der Waals surface area contributed by atoms with Gasteiger partial charge in [0.2, 0.25) is 0 Å². The number of carbonyl (C=O) groups is 1. The molecule has 2 aromatic rings. The molecule has 0 unspecified atom stereocenters. The zero-order chi connectivity index (χ0) is 17.7. The summed E-state index contributed by atoms with van der Waals surface area (Å²) < 4.78 is 15.7. The normalized spacial score (nSPS) is 10.2. The summed E-state index contributed by atoms with van der Waals surface area (Å²) >= 11 is 17.7. The van der Waals surface area contributed by atoms with Gasteiger partial charge in [-0.05, 0) is 12.1 Å². The van der Waals surface area contributed by atoms with E-state index in [9.17, 15) is 4.79 Å². The number of anilines is 1. The molecule has 2 rings (SSSR count). The first kappa shape index (κ1) is 18.5. The van der Waals surface area contributed by atoms with Crippen LogP contribution in [0.1, 0.15) is 0 Å². The second-order valence-corrected chi connectivity index (χ2v) is 5.82. The monoisotopic (exact) mass is 389 g/mol. The Bertz CT molecular complexity index is 752. The van der Waals surface area contributed by atoms with Crippen molar-refractivity contribution >= 4 is 46.4 Å². The summed E-state index contributed by atoms with van der Waals surface area (Å²) in [6, 6.07) is 7.86. The summed E-state index contributed by atoms with van der Waals surface area (Å²) in [5.74, 6) is 0.866. The minimum atomic E-state index is -0.385. The van der Waals surface area contributed by atoms with Crippen LogP contribution in [0.4, 0.5) is 5.69 Å². The summed E-state index contributed by atoms with van der Waals surface area (Å²) in [6.45, 7) is -0.216. The minimum Gasteiger partial charge on any atom is -0.495 e. The Hall–Kier alpha value is -1.82. The number of methoxy groups -OCH3 is 2. The van der Waals surface area contributed by atoms with Gasteiger partial charge in [-0.25, -0.2) is 0 Å². The third kappa shape index (κ3) is 4.60. The molecule has 5 nitrogen and oxygen atoms in total. The maximum absolute atomic E-state index is 12.1. The van der Waals surface area contributed by atoms with Crippen LogP contribution < -0.4 is 19.5 Å². The lowest BCUT2D eigenvalue weighted by Gasteiger charge is -2.13. The lowest BCUT2D eigenvalue weighted by Crippen LogP contribution is -2.20. The molecule has 0 radical (unpaired) electrons. The number of nitrogens with one attached hydrogen (secondary N) is 1. The summed E-state index contributed by atoms with van der Waals surface area (Å²) in [5.41, 5.74) is 0.418. The summed E-state index contributed by atoms with van der Waals surface area (Å²) in [6.07, 6.45) is 0. The van der Waals surface area contributed by atoms with Gasteiger partial charge in [0, 0.05) is 18.2 Å². The third-order valence-electron chi connectivity index (χ3n) is 3.01. The maximum atomic E-state index is 12.1. The van der Waals surface area contributed by atoms with E-state index < -0.39 is 0 Å². The number of ether oxygens (including phenoxy) is 3. The summed E-state index contributed by atoms with van der Waals surface area (Å²) in [7, 11) is 2.95. The highest BCUT2D eigenvalue weighted by molar-refractivity contribution is 6.42. The number of rotatable bonds is 6. The molecule has 0 saturated carbocycles. The molecule has 0 spiro atoms. The topological polar surface area (TPSA) is 56.8 Å². The molecule has 128 valence electrons. The van der Waals surface area contributed by atoms with Crippen molar-refractivity contribution < 1.29 is 19.0 Å². The van der Waals surface area contributed by atoms with Crippen molar-refractivity contribution in [2.24, 2.45) is 0 Å². The van der Waals surface area contributed by atoms with Crippen LogP contribution in [-0.2, 0) is 4.79 Å². The third-order valence-corrected chi connectivity index (χ3v) is 4.04. The van der Waals surface area contributed by atoms with E-state index in [-0.39, 0.29) is 12.5 Å². The second-order valence-electron chi connectivity index (χ2n) is 4.60. The highest BCUT2D eigenvalue weighted by Crippen LogP contribution is 2.35. The molecule has 0 aliphatic carbocycles. The van der Waals surface area contributed by atoms with Crippen molar-refractivity contribution in [2.45, 2.75) is 0 Å². The smallest absolute Gasteiger partial charge is 0.262 e. The summed E-state index contributed by atoms with van der Waals surface area (Å²) in [4.78, 5) is 12.1. The van der Waals surface area contributed by atoms with Crippen LogP contribution in [0.2, 0.25) is 15.1 Å². The van der Waals surface area contributed by atoms with Crippen LogP contribution in [0.5, 0.6) is 17.2 Å². The highest BCUT2D eigenvalue weighted by atomic mass is 35.5. The molecule has 0 aliphatic heterocycles. The van der Waals surface area contributed by atoms with Crippen molar-refractivity contribution in [1.82, 2.24) is 0 Å². The number of hydrogen-bond donors (Lipinski definition) is 1. The van der Waals surface area contributed by atoms with E-state index in [1.165, 1.54) is 20.3 Å². The Balaban J connectivity index is 2.05. The van der Waals surface area contributed by atoms with Crippen LogP contribution >= 0.6 is 34.8 Å². The first-order valence-corrected chi connectivity index (χ1v) is 7.87. The van der Waals surface area contributed by atoms with E-state index in [0.717, 1.165) is 0 Å². The van der Waals surface area contributed by atoms with Gasteiger partial charge in [0.05, 0.1) is 35.0 Å². The first-order valence-electron chi connectivity index (χ1n) is 6.73. The lowest BCUT2D eigenvalue weighted by molar-refractivity contribution is -0.118. The van der Waals surface area contributed by atoms with Crippen LogP contribution in [0.15, 0.2) is 30.3 Å². The molecule has 1 N–H and O–H groups in total. The van der Waals surface area contributed by atoms with Gasteiger partial charge in [-0.1, -0.05) is 34.8 Å².